The molecule has 9 nitrogen and oxygen atoms in total. The largest absolute Gasteiger partial charge is 0.444 e. The van der Waals surface area contributed by atoms with Gasteiger partial charge in [-0.3, -0.25) is 10.1 Å². The van der Waals surface area contributed by atoms with Crippen LogP contribution in [0.1, 0.15) is 66.4 Å². The average Bonchev–Trinajstić information content (AvgIpc) is 3.44. The minimum Gasteiger partial charge on any atom is -0.444 e. The van der Waals surface area contributed by atoms with Crippen molar-refractivity contribution in [1.29, 1.82) is 5.26 Å². The molecule has 0 radical (unpaired) electrons. The molecule has 0 aromatic heterocycles. The van der Waals surface area contributed by atoms with Gasteiger partial charge in [0.25, 0.3) is 5.69 Å². The van der Waals surface area contributed by atoms with Gasteiger partial charge >= 0.3 is 6.09 Å². The number of nitro groups is 1. The Labute approximate surface area is 215 Å². The molecule has 1 saturated heterocycles. The van der Waals surface area contributed by atoms with E-state index in [-0.39, 0.29) is 16.8 Å². The predicted octanol–water partition coefficient (Wildman–Crippen LogP) is 5.64. The lowest BCUT2D eigenvalue weighted by Gasteiger charge is -2.38. The smallest absolute Gasteiger partial charge is 0.407 e. The maximum Gasteiger partial charge on any atom is 0.407 e. The van der Waals surface area contributed by atoms with Crippen molar-refractivity contribution >= 4 is 25.8 Å². The summed E-state index contributed by atoms with van der Waals surface area (Å²) in [5.41, 5.74) is 0.210. The minimum absolute atomic E-state index is 0.00991. The zero-order valence-corrected chi connectivity index (χ0v) is 23.8. The number of hydrogen-bond donors (Lipinski definition) is 1. The fourth-order valence-corrected chi connectivity index (χ4v) is 5.26. The molecule has 1 N–H and O–H groups in total. The summed E-state index contributed by atoms with van der Waals surface area (Å²) in [5, 5.41) is 24.5. The molecule has 2 aliphatic rings. The lowest BCUT2D eigenvalue weighted by Crippen LogP contribution is -2.45. The maximum absolute atomic E-state index is 12.5. The van der Waals surface area contributed by atoms with E-state index in [0.717, 1.165) is 18.4 Å². The van der Waals surface area contributed by atoms with Crippen LogP contribution < -0.4 is 10.2 Å². The number of hydrogen-bond acceptors (Lipinski definition) is 7. The second-order valence-electron chi connectivity index (χ2n) is 12.7. The van der Waals surface area contributed by atoms with Crippen molar-refractivity contribution in [3.05, 3.63) is 33.9 Å². The average molecular weight is 517 g/mol. The first-order valence-corrected chi connectivity index (χ1v) is 15.5. The van der Waals surface area contributed by atoms with Gasteiger partial charge in [0, 0.05) is 18.0 Å². The normalized spacial score (nSPS) is 21.6. The van der Waals surface area contributed by atoms with Gasteiger partial charge in [-0.15, -0.1) is 0 Å². The number of nitriles is 1. The highest BCUT2D eigenvalue weighted by Crippen LogP contribution is 2.50. The summed E-state index contributed by atoms with van der Waals surface area (Å²) in [5.74, 6) is 0. The van der Waals surface area contributed by atoms with Crippen molar-refractivity contribution in [1.82, 2.24) is 5.32 Å². The molecule has 36 heavy (non-hydrogen) atoms. The standard InChI is InChI=1S/C26H40N4O5Si/c1-24(2,3)28-23(31)35-20-14-19(16-34-36(7,8)25(4,5)6)29(15-20)22-13-18(26(17-27)11-12-26)9-10-21(22)30(32)33/h9-10,13,19-20H,11-12,14-16H2,1-8H3,(H,28,31)/t19-,20-/m0/s1. The third kappa shape index (κ3) is 6.18. The fraction of sp³-hybridized carbons (Fsp3) is 0.692. The van der Waals surface area contributed by atoms with Crippen molar-refractivity contribution in [3.8, 4) is 6.07 Å². The molecule has 1 heterocycles. The summed E-state index contributed by atoms with van der Waals surface area (Å²) in [6.07, 6.45) is 1.03. The topological polar surface area (TPSA) is 118 Å². The number of ether oxygens (including phenoxy) is 1. The molecule has 1 aromatic rings. The van der Waals surface area contributed by atoms with Gasteiger partial charge in [0.15, 0.2) is 8.32 Å². The Balaban J connectivity index is 1.94. The highest BCUT2D eigenvalue weighted by molar-refractivity contribution is 6.74. The summed E-state index contributed by atoms with van der Waals surface area (Å²) in [4.78, 5) is 26.0. The number of carbonyl (C=O) groups is 1. The molecular weight excluding hydrogens is 476 g/mol. The van der Waals surface area contributed by atoms with Gasteiger partial charge in [-0.1, -0.05) is 26.8 Å². The zero-order chi connectivity index (χ0) is 27.1. The molecule has 2 fully saturated rings. The Morgan fingerprint density at radius 3 is 2.42 bits per heavy atom. The van der Waals surface area contributed by atoms with Crippen LogP contribution in [0.15, 0.2) is 18.2 Å². The number of nitro benzene ring substituents is 1. The molecule has 198 valence electrons. The maximum atomic E-state index is 12.5. The Morgan fingerprint density at radius 1 is 1.28 bits per heavy atom. The van der Waals surface area contributed by atoms with Crippen LogP contribution in [0, 0.1) is 21.4 Å². The second kappa shape index (κ2) is 9.67. The van der Waals surface area contributed by atoms with Gasteiger partial charge in [0.1, 0.15) is 11.8 Å². The summed E-state index contributed by atoms with van der Waals surface area (Å²) in [6, 6.07) is 7.14. The van der Waals surface area contributed by atoms with E-state index in [1.807, 2.05) is 25.7 Å². The number of rotatable bonds is 7. The molecule has 0 bridgehead atoms. The number of alkyl carbamates (subject to hydrolysis) is 1. The Hall–Kier alpha value is -2.64. The van der Waals surface area contributed by atoms with E-state index in [2.05, 4.69) is 45.3 Å². The number of nitrogens with zero attached hydrogens (tertiary/aromatic N) is 3. The van der Waals surface area contributed by atoms with E-state index in [9.17, 15) is 20.2 Å². The molecule has 1 aliphatic carbocycles. The summed E-state index contributed by atoms with van der Waals surface area (Å²) >= 11 is 0. The summed E-state index contributed by atoms with van der Waals surface area (Å²) in [7, 11) is -2.08. The highest BCUT2D eigenvalue weighted by atomic mass is 28.4. The SMILES string of the molecule is CC(C)(C)NC(=O)O[C@H]1C[C@@H](CO[Si](C)(C)C(C)(C)C)N(c2cc(C3(C#N)CC3)ccc2[N+](=O)[O-])C1. The Kier molecular flexibility index (Phi) is 7.50. The number of amides is 1. The quantitative estimate of drug-likeness (QED) is 0.283. The van der Waals surface area contributed by atoms with Crippen LogP contribution in [0.3, 0.4) is 0 Å². The Bertz CT molecular complexity index is 1050. The first kappa shape index (κ1) is 27.9. The molecule has 1 aliphatic heterocycles. The molecule has 3 rings (SSSR count). The second-order valence-corrected chi connectivity index (χ2v) is 17.5. The third-order valence-electron chi connectivity index (χ3n) is 7.57. The van der Waals surface area contributed by atoms with Gasteiger partial charge in [-0.05, 0) is 63.4 Å². The van der Waals surface area contributed by atoms with Crippen molar-refractivity contribution in [3.63, 3.8) is 0 Å². The highest BCUT2D eigenvalue weighted by Gasteiger charge is 2.47. The first-order valence-electron chi connectivity index (χ1n) is 12.6. The molecule has 1 saturated carbocycles. The van der Waals surface area contributed by atoms with Gasteiger partial charge < -0.3 is 19.4 Å². The van der Waals surface area contributed by atoms with Gasteiger partial charge in [-0.25, -0.2) is 4.79 Å². The van der Waals surface area contributed by atoms with Crippen LogP contribution in [0.5, 0.6) is 0 Å². The van der Waals surface area contributed by atoms with Crippen LogP contribution in [0.25, 0.3) is 0 Å². The van der Waals surface area contributed by atoms with Crippen LogP contribution in [0.4, 0.5) is 16.2 Å². The van der Waals surface area contributed by atoms with E-state index >= 15 is 0 Å². The molecule has 0 spiro atoms. The molecule has 1 aromatic carbocycles. The lowest BCUT2D eigenvalue weighted by molar-refractivity contribution is -0.384. The van der Waals surface area contributed by atoms with Crippen LogP contribution in [-0.2, 0) is 14.6 Å². The van der Waals surface area contributed by atoms with E-state index in [1.165, 1.54) is 6.07 Å². The molecule has 2 atom stereocenters. The van der Waals surface area contributed by atoms with E-state index < -0.39 is 36.4 Å². The van der Waals surface area contributed by atoms with Crippen molar-refractivity contribution in [2.24, 2.45) is 0 Å². The summed E-state index contributed by atoms with van der Waals surface area (Å²) in [6.45, 7) is 17.2. The zero-order valence-electron chi connectivity index (χ0n) is 22.8. The van der Waals surface area contributed by atoms with Crippen LogP contribution >= 0.6 is 0 Å². The lowest BCUT2D eigenvalue weighted by atomic mass is 9.96. The van der Waals surface area contributed by atoms with E-state index in [0.29, 0.717) is 25.3 Å². The van der Waals surface area contributed by atoms with E-state index in [1.54, 1.807) is 12.1 Å². The Morgan fingerprint density at radius 2 is 1.92 bits per heavy atom. The van der Waals surface area contributed by atoms with Crippen molar-refractivity contribution < 1.29 is 18.9 Å². The molecule has 10 heteroatoms. The van der Waals surface area contributed by atoms with Crippen LogP contribution in [0.2, 0.25) is 18.1 Å². The number of benzene rings is 1. The van der Waals surface area contributed by atoms with Gasteiger partial charge in [0.2, 0.25) is 0 Å². The van der Waals surface area contributed by atoms with Crippen molar-refractivity contribution in [2.45, 2.75) is 102 Å². The monoisotopic (exact) mass is 516 g/mol. The van der Waals surface area contributed by atoms with Crippen molar-refractivity contribution in [2.75, 3.05) is 18.1 Å². The van der Waals surface area contributed by atoms with Crippen LogP contribution in [-0.4, -0.2) is 50.2 Å². The fourth-order valence-electron chi connectivity index (χ4n) is 4.22. The molecule has 1 amide bonds. The van der Waals surface area contributed by atoms with E-state index in [4.69, 9.17) is 9.16 Å². The number of carbonyl (C=O) groups excluding carboxylic acids is 1. The van der Waals surface area contributed by atoms with Gasteiger partial charge in [-0.2, -0.15) is 5.26 Å². The first-order chi connectivity index (χ1) is 16.5. The minimum atomic E-state index is -2.08. The number of anilines is 1. The molecular formula is C26H40N4O5Si. The van der Waals surface area contributed by atoms with Gasteiger partial charge in [0.05, 0.1) is 35.6 Å². The number of nitrogens with one attached hydrogen (secondary N) is 1. The summed E-state index contributed by atoms with van der Waals surface area (Å²) < 4.78 is 12.3. The third-order valence-corrected chi connectivity index (χ3v) is 12.1. The predicted molar refractivity (Wildman–Crippen MR) is 142 cm³/mol. The molecule has 0 unspecified atom stereocenters.